The number of carbonyl (C=O) groups excluding carboxylic acids is 2. The third-order valence-corrected chi connectivity index (χ3v) is 12.7. The monoisotopic (exact) mass is 877 g/mol. The number of alkyl halides is 2. The predicted molar refractivity (Wildman–Crippen MR) is 210 cm³/mol. The van der Waals surface area contributed by atoms with E-state index in [1.807, 2.05) is 0 Å². The van der Waals surface area contributed by atoms with E-state index in [1.54, 1.807) is 24.3 Å². The summed E-state index contributed by atoms with van der Waals surface area (Å²) in [6.07, 6.45) is 5.12. The van der Waals surface area contributed by atoms with Gasteiger partial charge in [-0.1, -0.05) is 47.5 Å². The normalized spacial score (nSPS) is 19.6. The molecule has 0 amide bonds. The first-order valence-corrected chi connectivity index (χ1v) is 21.1. The molecule has 0 radical (unpaired) electrons. The molecule has 3 saturated heterocycles. The van der Waals surface area contributed by atoms with Gasteiger partial charge in [0.05, 0.1) is 24.2 Å². The van der Waals surface area contributed by atoms with Crippen molar-refractivity contribution in [2.24, 2.45) is 11.8 Å². The van der Waals surface area contributed by atoms with Gasteiger partial charge in [-0.3, -0.25) is 4.90 Å². The first kappa shape index (κ1) is 44.0. The zero-order valence-corrected chi connectivity index (χ0v) is 34.2. The minimum atomic E-state index is -4.47. The molecule has 1 aliphatic carbocycles. The number of nitrogens with one attached hydrogen (secondary N) is 2. The van der Waals surface area contributed by atoms with Crippen molar-refractivity contribution in [3.05, 3.63) is 111 Å². The number of aromatic amines is 1. The van der Waals surface area contributed by atoms with E-state index in [1.165, 1.54) is 55.9 Å². The molecule has 59 heavy (non-hydrogen) atoms. The van der Waals surface area contributed by atoms with Crippen LogP contribution in [0.4, 0.5) is 8.78 Å². The van der Waals surface area contributed by atoms with Crippen LogP contribution in [0.5, 0.6) is 17.2 Å². The van der Waals surface area contributed by atoms with Crippen molar-refractivity contribution >= 4 is 45.2 Å². The van der Waals surface area contributed by atoms with Crippen LogP contribution in [-0.2, 0) is 30.7 Å². The highest BCUT2D eigenvalue weighted by molar-refractivity contribution is 7.89. The number of ether oxygens (including phenoxy) is 5. The van der Waals surface area contributed by atoms with Crippen LogP contribution in [0.1, 0.15) is 64.9 Å². The van der Waals surface area contributed by atoms with E-state index < -0.39 is 40.7 Å². The molecule has 3 atom stereocenters. The van der Waals surface area contributed by atoms with Gasteiger partial charge in [-0.25, -0.2) is 23.0 Å². The van der Waals surface area contributed by atoms with Crippen LogP contribution in [-0.4, -0.2) is 76.8 Å². The highest BCUT2D eigenvalue weighted by Crippen LogP contribution is 2.38. The van der Waals surface area contributed by atoms with Crippen LogP contribution in [0.15, 0.2) is 84.0 Å². The molecule has 3 aromatic carbocycles. The van der Waals surface area contributed by atoms with Gasteiger partial charge in [0.15, 0.2) is 23.9 Å². The molecule has 18 heteroatoms. The lowest BCUT2D eigenvalue weighted by atomic mass is 9.86. The number of methoxy groups -OCH3 is 1. The lowest BCUT2D eigenvalue weighted by Crippen LogP contribution is -2.52. The van der Waals surface area contributed by atoms with Gasteiger partial charge < -0.3 is 29.2 Å². The maximum atomic E-state index is 14.0. The molecule has 2 bridgehead atoms. The zero-order chi connectivity index (χ0) is 41.0. The van der Waals surface area contributed by atoms with Gasteiger partial charge >= 0.3 is 18.6 Å². The topological polar surface area (TPSA) is 174 Å². The number of esters is 2. The van der Waals surface area contributed by atoms with Crippen LogP contribution >= 0.6 is 23.2 Å². The fourth-order valence-electron chi connectivity index (χ4n) is 7.13. The minimum Gasteiger partial charge on any atom is -0.870 e. The van der Waals surface area contributed by atoms with E-state index >= 15 is 0 Å². The van der Waals surface area contributed by atoms with Gasteiger partial charge in [-0.15, -0.1) is 0 Å². The number of hydrogen-bond donors (Lipinski definition) is 1. The Morgan fingerprint density at radius 1 is 0.932 bits per heavy atom. The summed E-state index contributed by atoms with van der Waals surface area (Å²) in [4.78, 5) is 32.5. The number of H-pyrrole nitrogens is 1. The average molecular weight is 879 g/mol. The van der Waals surface area contributed by atoms with Gasteiger partial charge in [-0.2, -0.15) is 13.5 Å². The second kappa shape index (κ2) is 19.2. The molecule has 1 unspecified atom stereocenters. The van der Waals surface area contributed by atoms with E-state index in [0.717, 1.165) is 44.8 Å². The van der Waals surface area contributed by atoms with Gasteiger partial charge in [-0.05, 0) is 104 Å². The second-order valence-electron chi connectivity index (χ2n) is 14.5. The zero-order valence-electron chi connectivity index (χ0n) is 31.8. The van der Waals surface area contributed by atoms with Crippen LogP contribution in [0, 0.1) is 11.8 Å². The summed E-state index contributed by atoms with van der Waals surface area (Å²) in [5.74, 6) is -0.856. The molecule has 3 aliphatic heterocycles. The average Bonchev–Trinajstić information content (AvgIpc) is 4.06. The molecular formula is C41H43Cl2F2N3O10S. The Morgan fingerprint density at radius 2 is 1.63 bits per heavy atom. The maximum absolute atomic E-state index is 14.0. The third kappa shape index (κ3) is 11.0. The molecule has 0 spiro atoms. The lowest BCUT2D eigenvalue weighted by molar-refractivity contribution is -0.377. The Labute approximate surface area is 350 Å². The Hall–Kier alpha value is -4.58. The Balaban J connectivity index is 0.00000585. The van der Waals surface area contributed by atoms with E-state index in [4.69, 9.17) is 46.9 Å². The number of carbonyl (C=O) groups is 2. The summed E-state index contributed by atoms with van der Waals surface area (Å²) >= 11 is 13.0. The molecule has 4 heterocycles. The highest BCUT2D eigenvalue weighted by Gasteiger charge is 2.39. The number of benzene rings is 3. The summed E-state index contributed by atoms with van der Waals surface area (Å²) < 4.78 is 85.0. The number of halogens is 4. The molecule has 1 aromatic heterocycles. The van der Waals surface area contributed by atoms with E-state index in [9.17, 15) is 26.8 Å². The Bertz CT molecular complexity index is 2200. The van der Waals surface area contributed by atoms with Crippen molar-refractivity contribution in [1.82, 2.24) is 9.62 Å². The third-order valence-electron chi connectivity index (χ3n) is 10.6. The minimum absolute atomic E-state index is 0. The quantitative estimate of drug-likeness (QED) is 0.110. The van der Waals surface area contributed by atoms with Gasteiger partial charge in [0.25, 0.3) is 0 Å². The fraction of sp³-hybridized carbons (Fsp3) is 0.390. The molecule has 316 valence electrons. The van der Waals surface area contributed by atoms with Crippen molar-refractivity contribution < 1.29 is 60.9 Å². The number of pyridine rings is 1. The smallest absolute Gasteiger partial charge is 0.387 e. The first-order chi connectivity index (χ1) is 27.9. The molecular weight excluding hydrogens is 835 g/mol. The van der Waals surface area contributed by atoms with Crippen LogP contribution < -0.4 is 23.9 Å². The first-order valence-electron chi connectivity index (χ1n) is 18.8. The molecule has 1 saturated carbocycles. The van der Waals surface area contributed by atoms with E-state index in [-0.39, 0.29) is 68.4 Å². The molecule has 8 rings (SSSR count). The lowest BCUT2D eigenvalue weighted by Gasteiger charge is -2.44. The summed E-state index contributed by atoms with van der Waals surface area (Å²) in [5.41, 5.74) is 0.957. The summed E-state index contributed by atoms with van der Waals surface area (Å²) in [6.45, 7) is -0.393. The number of piperidine rings is 3. The van der Waals surface area contributed by atoms with Crippen LogP contribution in [0.25, 0.3) is 0 Å². The van der Waals surface area contributed by atoms with Crippen molar-refractivity contribution in [1.29, 1.82) is 0 Å². The molecule has 3 N–H and O–H groups in total. The standard InChI is InChI=1S/C41H41Cl2F2N3O9S.H2O/c1-53-29-10-7-26(8-11-29)38(40(50)56-37-22-48-15-13-25(37)14-16-48)47-58(51,52)30-4-2-3-28(17-30)39(49)55-35(19-31-32(42)20-46-21-33(31)43)27-9-12-34(57-41(44)45)36(18-27)54-23-24-5-6-24;/h2-4,7-12,17-18,20-21,24-25,35,37-38,41,47H,5-6,13-16,19,22-23H2,1H3;1H2/t35-,37-,38?;/m0./s1. The number of fused-ring (bicyclic) bond motifs is 3. The van der Waals surface area contributed by atoms with Crippen LogP contribution in [0.2, 0.25) is 10.0 Å². The maximum Gasteiger partial charge on any atom is 0.387 e. The van der Waals surface area contributed by atoms with Crippen LogP contribution in [0.3, 0.4) is 0 Å². The van der Waals surface area contributed by atoms with Crippen molar-refractivity contribution in [2.75, 3.05) is 33.4 Å². The number of sulfonamides is 1. The second-order valence-corrected chi connectivity index (χ2v) is 17.1. The number of nitrogens with zero attached hydrogens (tertiary/aromatic N) is 1. The predicted octanol–water partition coefficient (Wildman–Crippen LogP) is 6.83. The highest BCUT2D eigenvalue weighted by atomic mass is 35.5. The van der Waals surface area contributed by atoms with Crippen molar-refractivity contribution in [3.63, 3.8) is 0 Å². The van der Waals surface area contributed by atoms with E-state index in [0.29, 0.717) is 29.0 Å². The Morgan fingerprint density at radius 3 is 2.25 bits per heavy atom. The van der Waals surface area contributed by atoms with E-state index in [2.05, 4.69) is 14.6 Å². The molecule has 13 nitrogen and oxygen atoms in total. The number of aromatic nitrogens is 1. The number of hydrogen-bond acceptors (Lipinski definition) is 11. The van der Waals surface area contributed by atoms with Gasteiger partial charge in [0.1, 0.15) is 34.0 Å². The number of rotatable bonds is 17. The molecule has 4 fully saturated rings. The van der Waals surface area contributed by atoms with Gasteiger partial charge in [0, 0.05) is 18.5 Å². The summed E-state index contributed by atoms with van der Waals surface area (Å²) in [7, 11) is -2.98. The summed E-state index contributed by atoms with van der Waals surface area (Å²) in [6, 6.07) is 14.3. The molecule has 4 aromatic rings. The fourth-order valence-corrected chi connectivity index (χ4v) is 8.88. The largest absolute Gasteiger partial charge is 0.870 e. The SMILES string of the molecule is COc1ccc(C(NS(=O)(=O)c2cccc(C(=O)O[C@@H](Cc3c(Cl)c[nH+]cc3Cl)c3ccc(OC(F)F)c(OCC4CC4)c3)c2)C(=O)O[C@H]2CN3CCC2CC3)cc1.[OH-]. The van der Waals surface area contributed by atoms with Crippen molar-refractivity contribution in [3.8, 4) is 17.2 Å². The van der Waals surface area contributed by atoms with Crippen molar-refractivity contribution in [2.45, 2.75) is 61.9 Å². The summed E-state index contributed by atoms with van der Waals surface area (Å²) in [5, 5.41) is 0.489. The molecule has 4 aliphatic rings. The van der Waals surface area contributed by atoms with Gasteiger partial charge in [0.2, 0.25) is 10.0 Å². The Kier molecular flexibility index (Phi) is 14.3.